The Morgan fingerprint density at radius 1 is 0.500 bits per heavy atom. The van der Waals surface area contributed by atoms with Gasteiger partial charge in [-0.05, 0) is 19.3 Å². The van der Waals surface area contributed by atoms with Crippen molar-refractivity contribution < 1.29 is 33.2 Å². The van der Waals surface area contributed by atoms with Crippen LogP contribution in [0.2, 0.25) is 0 Å². The van der Waals surface area contributed by atoms with Crippen molar-refractivity contribution in [3.05, 3.63) is 0 Å². The molecule has 0 N–H and O–H groups in total. The van der Waals surface area contributed by atoms with E-state index in [1.54, 1.807) is 0 Å². The van der Waals surface area contributed by atoms with Crippen LogP contribution in [0.25, 0.3) is 0 Å². The van der Waals surface area contributed by atoms with Gasteiger partial charge in [-0.2, -0.15) is 0 Å². The molecule has 0 unspecified atom stereocenters. The second kappa shape index (κ2) is 26.9. The summed E-state index contributed by atoms with van der Waals surface area (Å²) in [5.74, 6) is 0.259. The van der Waals surface area contributed by atoms with Crippen LogP contribution in [0, 0.1) is 0 Å². The summed E-state index contributed by atoms with van der Waals surface area (Å²) in [4.78, 5) is 36.1. The van der Waals surface area contributed by atoms with E-state index in [0.29, 0.717) is 37.1 Å². The summed E-state index contributed by atoms with van der Waals surface area (Å²) in [6.07, 6.45) is 13.0. The molecule has 11 heteroatoms. The normalized spacial score (nSPS) is 11.3. The fourth-order valence-corrected chi connectivity index (χ4v) is 14.4. The number of unbranched alkanes of at least 4 members (excludes halogenated alkanes) is 9. The highest BCUT2D eigenvalue weighted by molar-refractivity contribution is 9.14. The summed E-state index contributed by atoms with van der Waals surface area (Å²) >= 11 is 3.70. The fourth-order valence-electron chi connectivity index (χ4n) is 3.20. The molecule has 0 amide bonds. The molecule has 0 saturated carbocycles. The van der Waals surface area contributed by atoms with E-state index in [1.165, 1.54) is 34.1 Å². The van der Waals surface area contributed by atoms with Crippen LogP contribution in [0.5, 0.6) is 0 Å². The summed E-state index contributed by atoms with van der Waals surface area (Å²) in [6.45, 7) is 7.66. The first-order valence-electron chi connectivity index (χ1n) is 14.4. The first-order chi connectivity index (χ1) is 18.4. The van der Waals surface area contributed by atoms with Crippen LogP contribution in [0.15, 0.2) is 0 Å². The zero-order valence-corrected chi connectivity index (χ0v) is 27.2. The highest BCUT2D eigenvalue weighted by atomic mass is 33.4. The second-order valence-electron chi connectivity index (χ2n) is 9.04. The monoisotopic (exact) mass is 614 g/mol. The summed E-state index contributed by atoms with van der Waals surface area (Å²) in [7, 11) is 0. The molecule has 0 fully saturated rings. The molecule has 0 aromatic carbocycles. The summed E-state index contributed by atoms with van der Waals surface area (Å²) in [5, 5.41) is 0. The second-order valence-corrected chi connectivity index (χ2v) is 21.0. The Morgan fingerprint density at radius 2 is 0.789 bits per heavy atom. The lowest BCUT2D eigenvalue weighted by molar-refractivity contribution is -0.144. The van der Waals surface area contributed by atoms with Crippen LogP contribution in [0.3, 0.4) is 0 Å². The molecule has 0 aromatic rings. The maximum absolute atomic E-state index is 13.6. The van der Waals surface area contributed by atoms with Crippen molar-refractivity contribution in [2.45, 2.75) is 117 Å². The molecule has 0 rings (SSSR count). The minimum absolute atomic E-state index is 0.184. The molecular formula is C27H51O7PS3. The van der Waals surface area contributed by atoms with E-state index >= 15 is 0 Å². The minimum Gasteiger partial charge on any atom is -0.466 e. The Labute approximate surface area is 243 Å². The number of carbonyl (C=O) groups is 3. The molecule has 0 aliphatic rings. The third-order valence-corrected chi connectivity index (χ3v) is 17.7. The zero-order valence-electron chi connectivity index (χ0n) is 23.9. The smallest absolute Gasteiger partial charge is 0.306 e. The molecule has 0 aliphatic heterocycles. The largest absolute Gasteiger partial charge is 0.466 e. The number of rotatable bonds is 27. The van der Waals surface area contributed by atoms with Gasteiger partial charge < -0.3 is 14.2 Å². The van der Waals surface area contributed by atoms with Gasteiger partial charge in [-0.15, -0.1) is 0 Å². The lowest BCUT2D eigenvalue weighted by atomic mass is 10.2. The highest BCUT2D eigenvalue weighted by Crippen LogP contribution is 2.78. The van der Waals surface area contributed by atoms with Crippen LogP contribution >= 0.6 is 38.9 Å². The molecule has 0 radical (unpaired) electrons. The number of hydrogen-bond acceptors (Lipinski definition) is 10. The first-order valence-corrected chi connectivity index (χ1v) is 20.8. The molecule has 0 aromatic heterocycles. The van der Waals surface area contributed by atoms with E-state index in [1.807, 2.05) is 0 Å². The van der Waals surface area contributed by atoms with Gasteiger partial charge in [-0.3, -0.25) is 18.9 Å². The van der Waals surface area contributed by atoms with E-state index in [0.717, 1.165) is 77.0 Å². The highest BCUT2D eigenvalue weighted by Gasteiger charge is 2.26. The number of hydrogen-bond donors (Lipinski definition) is 0. The molecule has 0 heterocycles. The molecule has 0 aliphatic carbocycles. The van der Waals surface area contributed by atoms with E-state index in [4.69, 9.17) is 14.2 Å². The zero-order chi connectivity index (χ0) is 28.3. The van der Waals surface area contributed by atoms with Crippen molar-refractivity contribution in [3.63, 3.8) is 0 Å². The van der Waals surface area contributed by atoms with Crippen molar-refractivity contribution in [1.29, 1.82) is 0 Å². The van der Waals surface area contributed by atoms with Crippen LogP contribution in [-0.2, 0) is 33.2 Å². The average Bonchev–Trinajstić information content (AvgIpc) is 2.88. The van der Waals surface area contributed by atoms with Crippen molar-refractivity contribution in [2.24, 2.45) is 0 Å². The Hall–Kier alpha value is -0.310. The van der Waals surface area contributed by atoms with Gasteiger partial charge in [-0.25, -0.2) is 0 Å². The SMILES string of the molecule is CCCCCCOC(=O)CCSP(=O)(SCCC(=O)OCCCCCC)SCCC(=O)OCCCCCC. The topological polar surface area (TPSA) is 96.0 Å². The van der Waals surface area contributed by atoms with Crippen LogP contribution < -0.4 is 0 Å². The van der Waals surface area contributed by atoms with Gasteiger partial charge in [0.05, 0.1) is 39.1 Å². The van der Waals surface area contributed by atoms with Gasteiger partial charge in [0.25, 0.3) is 0 Å². The molecule has 0 bridgehead atoms. The van der Waals surface area contributed by atoms with E-state index < -0.39 is 4.75 Å². The van der Waals surface area contributed by atoms with Gasteiger partial charge in [0.2, 0.25) is 4.75 Å². The third-order valence-electron chi connectivity index (χ3n) is 5.45. The van der Waals surface area contributed by atoms with Gasteiger partial charge in [0.1, 0.15) is 0 Å². The molecule has 7 nitrogen and oxygen atoms in total. The van der Waals surface area contributed by atoms with Gasteiger partial charge in [-0.1, -0.05) is 113 Å². The number of esters is 3. The van der Waals surface area contributed by atoms with Crippen molar-refractivity contribution >= 4 is 56.8 Å². The summed E-state index contributed by atoms with van der Waals surface area (Å²) < 4.78 is 26.5. The van der Waals surface area contributed by atoms with E-state index in [2.05, 4.69) is 20.8 Å². The molecule has 38 heavy (non-hydrogen) atoms. The van der Waals surface area contributed by atoms with Gasteiger partial charge in [0, 0.05) is 17.3 Å². The Kier molecular flexibility index (Phi) is 26.7. The van der Waals surface area contributed by atoms with E-state index in [9.17, 15) is 18.9 Å². The Bertz CT molecular complexity index is 579. The summed E-state index contributed by atoms with van der Waals surface area (Å²) in [5.41, 5.74) is 0. The Balaban J connectivity index is 4.50. The summed E-state index contributed by atoms with van der Waals surface area (Å²) in [6, 6.07) is 0. The standard InChI is InChI=1S/C27H51O7PS3/c1-4-7-10-13-19-32-25(28)16-22-36-35(31,37-23-17-26(29)33-20-14-11-8-5-2)38-24-18-27(30)34-21-15-12-9-6-3/h4-24H2,1-3H3. The molecular weight excluding hydrogens is 563 g/mol. The number of carbonyl (C=O) groups excluding carboxylic acids is 3. The van der Waals surface area contributed by atoms with Gasteiger partial charge >= 0.3 is 17.9 Å². The molecule has 0 saturated heterocycles. The first kappa shape index (κ1) is 37.7. The van der Waals surface area contributed by atoms with Crippen molar-refractivity contribution in [2.75, 3.05) is 37.1 Å². The molecule has 0 atom stereocenters. The minimum atomic E-state index is -2.88. The Morgan fingerprint density at radius 3 is 1.05 bits per heavy atom. The van der Waals surface area contributed by atoms with Crippen molar-refractivity contribution in [3.8, 4) is 0 Å². The van der Waals surface area contributed by atoms with Gasteiger partial charge in [0.15, 0.2) is 0 Å². The van der Waals surface area contributed by atoms with Crippen LogP contribution in [0.4, 0.5) is 0 Å². The van der Waals surface area contributed by atoms with Crippen LogP contribution in [0.1, 0.15) is 117 Å². The maximum atomic E-state index is 13.6. The third kappa shape index (κ3) is 24.7. The predicted molar refractivity (Wildman–Crippen MR) is 164 cm³/mol. The molecule has 224 valence electrons. The van der Waals surface area contributed by atoms with E-state index in [-0.39, 0.29) is 37.2 Å². The predicted octanol–water partition coefficient (Wildman–Crippen LogP) is 8.83. The average molecular weight is 615 g/mol. The van der Waals surface area contributed by atoms with Crippen LogP contribution in [-0.4, -0.2) is 55.0 Å². The lowest BCUT2D eigenvalue weighted by Gasteiger charge is -2.16. The lowest BCUT2D eigenvalue weighted by Crippen LogP contribution is -2.07. The fraction of sp³-hybridized carbons (Fsp3) is 0.889. The van der Waals surface area contributed by atoms with Crippen molar-refractivity contribution in [1.82, 2.24) is 0 Å². The number of ether oxygens (including phenoxy) is 3. The molecule has 0 spiro atoms. The quantitative estimate of drug-likeness (QED) is 0.0386. The maximum Gasteiger partial charge on any atom is 0.306 e.